The highest BCUT2D eigenvalue weighted by Crippen LogP contribution is 2.24. The van der Waals surface area contributed by atoms with Crippen molar-refractivity contribution in [3.05, 3.63) is 16.9 Å². The van der Waals surface area contributed by atoms with E-state index in [9.17, 15) is 4.79 Å². The highest BCUT2D eigenvalue weighted by atomic mass is 79.9. The van der Waals surface area contributed by atoms with Crippen LogP contribution in [0.5, 0.6) is 0 Å². The number of amides is 1. The topological polar surface area (TPSA) is 50.2 Å². The fourth-order valence-electron chi connectivity index (χ4n) is 2.79. The molecular formula is C12H17BrN4O. The zero-order valence-electron chi connectivity index (χ0n) is 10.2. The first-order valence-electron chi connectivity index (χ1n) is 6.42. The van der Waals surface area contributed by atoms with Crippen LogP contribution in [0.1, 0.15) is 12.8 Å². The van der Waals surface area contributed by atoms with Crippen LogP contribution in [0.2, 0.25) is 0 Å². The van der Waals surface area contributed by atoms with Crippen molar-refractivity contribution in [2.45, 2.75) is 25.4 Å². The van der Waals surface area contributed by atoms with E-state index in [-0.39, 0.29) is 11.9 Å². The molecule has 2 fully saturated rings. The van der Waals surface area contributed by atoms with Crippen molar-refractivity contribution in [3.63, 3.8) is 0 Å². The Morgan fingerprint density at radius 1 is 1.50 bits per heavy atom. The Labute approximate surface area is 115 Å². The minimum Gasteiger partial charge on any atom is -0.355 e. The third-order valence-corrected chi connectivity index (χ3v) is 4.14. The van der Waals surface area contributed by atoms with Crippen molar-refractivity contribution in [1.82, 2.24) is 20.0 Å². The van der Waals surface area contributed by atoms with Crippen LogP contribution >= 0.6 is 15.9 Å². The average molecular weight is 313 g/mol. The summed E-state index contributed by atoms with van der Waals surface area (Å²) < 4.78 is 2.98. The minimum atomic E-state index is 0.111. The van der Waals surface area contributed by atoms with Gasteiger partial charge >= 0.3 is 0 Å². The number of likely N-dealkylation sites (tertiary alicyclic amines) is 1. The summed E-state index contributed by atoms with van der Waals surface area (Å²) in [6, 6.07) is 0.111. The second kappa shape index (κ2) is 5.01. The third kappa shape index (κ3) is 2.44. The molecule has 0 bridgehead atoms. The molecule has 2 saturated heterocycles. The van der Waals surface area contributed by atoms with Crippen molar-refractivity contribution in [3.8, 4) is 0 Å². The maximum atomic E-state index is 11.7. The van der Waals surface area contributed by atoms with Crippen LogP contribution in [-0.4, -0.2) is 46.3 Å². The Morgan fingerprint density at radius 3 is 3.00 bits per heavy atom. The van der Waals surface area contributed by atoms with Gasteiger partial charge in [-0.05, 0) is 28.8 Å². The van der Waals surface area contributed by atoms with Gasteiger partial charge in [-0.1, -0.05) is 0 Å². The lowest BCUT2D eigenvalue weighted by Crippen LogP contribution is -2.59. The largest absolute Gasteiger partial charge is 0.355 e. The quantitative estimate of drug-likeness (QED) is 0.900. The molecule has 0 aliphatic carbocycles. The van der Waals surface area contributed by atoms with Crippen molar-refractivity contribution < 1.29 is 4.79 Å². The van der Waals surface area contributed by atoms with Crippen molar-refractivity contribution in [2.24, 2.45) is 5.92 Å². The number of nitrogens with zero attached hydrogens (tertiary/aromatic N) is 3. The Bertz CT molecular complexity index is 441. The second-order valence-corrected chi connectivity index (χ2v) is 6.07. The summed E-state index contributed by atoms with van der Waals surface area (Å²) in [4.78, 5) is 14.0. The normalized spacial score (nSPS) is 25.8. The summed E-state index contributed by atoms with van der Waals surface area (Å²) in [6.07, 6.45) is 5.91. The predicted octanol–water partition coefficient (Wildman–Crippen LogP) is 0.856. The van der Waals surface area contributed by atoms with Crippen molar-refractivity contribution in [2.75, 3.05) is 19.6 Å². The molecule has 1 unspecified atom stereocenters. The highest BCUT2D eigenvalue weighted by Gasteiger charge is 2.36. The Balaban J connectivity index is 1.49. The number of carbonyl (C=O) groups excluding carboxylic acids is 1. The zero-order valence-corrected chi connectivity index (χ0v) is 11.8. The van der Waals surface area contributed by atoms with E-state index in [1.165, 1.54) is 0 Å². The summed E-state index contributed by atoms with van der Waals surface area (Å²) in [6.45, 7) is 3.80. The van der Waals surface area contributed by atoms with Crippen LogP contribution in [0.25, 0.3) is 0 Å². The predicted molar refractivity (Wildman–Crippen MR) is 71.0 cm³/mol. The first kappa shape index (κ1) is 12.2. The van der Waals surface area contributed by atoms with Gasteiger partial charge in [-0.25, -0.2) is 0 Å². The molecule has 1 aromatic heterocycles. The lowest BCUT2D eigenvalue weighted by molar-refractivity contribution is -0.131. The number of nitrogens with one attached hydrogen (secondary N) is 1. The van der Waals surface area contributed by atoms with E-state index in [0.717, 1.165) is 43.5 Å². The SMILES string of the molecule is O=C1NCCCC1N1CC(Cn2cc(Br)cn2)C1. The monoisotopic (exact) mass is 312 g/mol. The molecular weight excluding hydrogens is 296 g/mol. The molecule has 0 radical (unpaired) electrons. The van der Waals surface area contributed by atoms with Crippen LogP contribution in [0.4, 0.5) is 0 Å². The van der Waals surface area contributed by atoms with Crippen LogP contribution in [0.3, 0.4) is 0 Å². The molecule has 1 atom stereocenters. The van der Waals surface area contributed by atoms with E-state index in [2.05, 4.69) is 31.2 Å². The molecule has 1 aromatic rings. The molecule has 3 heterocycles. The third-order valence-electron chi connectivity index (χ3n) is 3.73. The smallest absolute Gasteiger partial charge is 0.237 e. The van der Waals surface area contributed by atoms with Gasteiger partial charge in [-0.15, -0.1) is 0 Å². The van der Waals surface area contributed by atoms with Gasteiger partial charge in [0.1, 0.15) is 0 Å². The highest BCUT2D eigenvalue weighted by molar-refractivity contribution is 9.10. The number of rotatable bonds is 3. The zero-order chi connectivity index (χ0) is 12.5. The van der Waals surface area contributed by atoms with Gasteiger partial charge in [-0.2, -0.15) is 5.10 Å². The fourth-order valence-corrected chi connectivity index (χ4v) is 3.11. The summed E-state index contributed by atoms with van der Waals surface area (Å²) in [5.74, 6) is 0.827. The maximum absolute atomic E-state index is 11.7. The molecule has 5 nitrogen and oxygen atoms in total. The van der Waals surface area contributed by atoms with Gasteiger partial charge in [0.25, 0.3) is 0 Å². The molecule has 2 aliphatic rings. The number of halogens is 1. The molecule has 0 saturated carbocycles. The summed E-state index contributed by atoms with van der Waals surface area (Å²) in [5, 5.41) is 7.21. The van der Waals surface area contributed by atoms with Crippen LogP contribution in [0.15, 0.2) is 16.9 Å². The molecule has 18 heavy (non-hydrogen) atoms. The van der Waals surface area contributed by atoms with Gasteiger partial charge in [0.15, 0.2) is 0 Å². The van der Waals surface area contributed by atoms with Crippen LogP contribution in [-0.2, 0) is 11.3 Å². The van der Waals surface area contributed by atoms with E-state index in [1.807, 2.05) is 17.1 Å². The number of carbonyl (C=O) groups is 1. The van der Waals surface area contributed by atoms with E-state index in [1.54, 1.807) is 0 Å². The van der Waals surface area contributed by atoms with E-state index >= 15 is 0 Å². The number of hydrogen-bond donors (Lipinski definition) is 1. The van der Waals surface area contributed by atoms with E-state index in [4.69, 9.17) is 0 Å². The lowest BCUT2D eigenvalue weighted by Gasteiger charge is -2.44. The van der Waals surface area contributed by atoms with Crippen LogP contribution in [0, 0.1) is 5.92 Å². The molecule has 2 aliphatic heterocycles. The number of hydrogen-bond acceptors (Lipinski definition) is 3. The Hall–Kier alpha value is -0.880. The molecule has 3 rings (SSSR count). The first-order valence-corrected chi connectivity index (χ1v) is 7.21. The molecule has 1 amide bonds. The molecule has 6 heteroatoms. The van der Waals surface area contributed by atoms with Crippen molar-refractivity contribution >= 4 is 21.8 Å². The van der Waals surface area contributed by atoms with Gasteiger partial charge in [-0.3, -0.25) is 14.4 Å². The molecule has 1 N–H and O–H groups in total. The fraction of sp³-hybridized carbons (Fsp3) is 0.667. The van der Waals surface area contributed by atoms with Gasteiger partial charge in [0.05, 0.1) is 16.7 Å². The molecule has 0 spiro atoms. The number of aromatic nitrogens is 2. The summed E-state index contributed by atoms with van der Waals surface area (Å²) >= 11 is 3.40. The molecule has 98 valence electrons. The van der Waals surface area contributed by atoms with E-state index in [0.29, 0.717) is 5.92 Å². The van der Waals surface area contributed by atoms with Crippen molar-refractivity contribution in [1.29, 1.82) is 0 Å². The lowest BCUT2D eigenvalue weighted by atomic mass is 9.94. The minimum absolute atomic E-state index is 0.111. The van der Waals surface area contributed by atoms with E-state index < -0.39 is 0 Å². The van der Waals surface area contributed by atoms with Gasteiger partial charge in [0.2, 0.25) is 5.91 Å². The number of piperidine rings is 1. The first-order chi connectivity index (χ1) is 8.72. The summed E-state index contributed by atoms with van der Waals surface area (Å²) in [7, 11) is 0. The standard InChI is InChI=1S/C12H17BrN4O/c13-10-4-15-17(8-10)7-9-5-16(6-9)11-2-1-3-14-12(11)18/h4,8-9,11H,1-3,5-7H2,(H,14,18). The molecule has 0 aromatic carbocycles. The second-order valence-electron chi connectivity index (χ2n) is 5.15. The average Bonchev–Trinajstić information content (AvgIpc) is 2.70. The van der Waals surface area contributed by atoms with Crippen LogP contribution < -0.4 is 5.32 Å². The van der Waals surface area contributed by atoms with Gasteiger partial charge < -0.3 is 5.32 Å². The summed E-state index contributed by atoms with van der Waals surface area (Å²) in [5.41, 5.74) is 0. The Kier molecular flexibility index (Phi) is 3.39. The van der Waals surface area contributed by atoms with Gasteiger partial charge in [0, 0.05) is 38.3 Å². The Morgan fingerprint density at radius 2 is 2.33 bits per heavy atom. The maximum Gasteiger partial charge on any atom is 0.237 e.